The smallest absolute Gasteiger partial charge is 0.257 e. The van der Waals surface area contributed by atoms with Gasteiger partial charge in [-0.3, -0.25) is 4.79 Å². The summed E-state index contributed by atoms with van der Waals surface area (Å²) in [5.74, 6) is 1.06. The highest BCUT2D eigenvalue weighted by atomic mass is 79.9. The monoisotopic (exact) mass is 345 g/mol. The number of nitrogens with zero attached hydrogens (tertiary/aromatic N) is 1. The predicted molar refractivity (Wildman–Crippen MR) is 80.1 cm³/mol. The lowest BCUT2D eigenvalue weighted by Crippen LogP contribution is -2.45. The van der Waals surface area contributed by atoms with Gasteiger partial charge in [-0.25, -0.2) is 0 Å². The zero-order chi connectivity index (χ0) is 13.8. The van der Waals surface area contributed by atoms with E-state index in [1.54, 1.807) is 13.2 Å². The van der Waals surface area contributed by atoms with Gasteiger partial charge >= 0.3 is 0 Å². The van der Waals surface area contributed by atoms with Crippen molar-refractivity contribution in [3.63, 3.8) is 0 Å². The second-order valence-corrected chi connectivity index (χ2v) is 5.91. The van der Waals surface area contributed by atoms with Crippen LogP contribution in [0.5, 0.6) is 5.75 Å². The molecule has 0 saturated heterocycles. The van der Waals surface area contributed by atoms with Crippen LogP contribution in [-0.2, 0) is 0 Å². The van der Waals surface area contributed by atoms with Crippen LogP contribution >= 0.6 is 27.5 Å². The largest absolute Gasteiger partial charge is 0.496 e. The number of alkyl halides is 1. The van der Waals surface area contributed by atoms with Crippen molar-refractivity contribution in [2.45, 2.75) is 25.3 Å². The third-order valence-electron chi connectivity index (χ3n) is 3.50. The standard InChI is InChI=1S/C14H17BrClNO2/c1-19-13-9-10(15)5-6-12(13)14(18)17(8-7-16)11-3-2-4-11/h5-6,9,11H,2-4,7-8H2,1H3. The molecule has 0 aliphatic heterocycles. The van der Waals surface area contributed by atoms with Crippen molar-refractivity contribution in [1.82, 2.24) is 4.90 Å². The van der Waals surface area contributed by atoms with Gasteiger partial charge in [-0.05, 0) is 37.5 Å². The van der Waals surface area contributed by atoms with Crippen LogP contribution in [0.2, 0.25) is 0 Å². The van der Waals surface area contributed by atoms with Gasteiger partial charge in [0.1, 0.15) is 5.75 Å². The highest BCUT2D eigenvalue weighted by Gasteiger charge is 2.30. The molecule has 104 valence electrons. The Hall–Kier alpha value is -0.740. The molecule has 0 heterocycles. The Kier molecular flexibility index (Phi) is 5.11. The Morgan fingerprint density at radius 3 is 2.79 bits per heavy atom. The van der Waals surface area contributed by atoms with E-state index in [0.29, 0.717) is 29.8 Å². The lowest BCUT2D eigenvalue weighted by Gasteiger charge is -2.37. The first kappa shape index (κ1) is 14.7. The Labute approximate surface area is 127 Å². The summed E-state index contributed by atoms with van der Waals surface area (Å²) in [5, 5.41) is 0. The number of carbonyl (C=O) groups excluding carboxylic acids is 1. The normalized spacial score (nSPS) is 14.9. The molecule has 0 aromatic heterocycles. The fourth-order valence-corrected chi connectivity index (χ4v) is 2.76. The molecular formula is C14H17BrClNO2. The molecule has 1 aromatic rings. The number of methoxy groups -OCH3 is 1. The lowest BCUT2D eigenvalue weighted by molar-refractivity contribution is 0.0594. The maximum Gasteiger partial charge on any atom is 0.257 e. The van der Waals surface area contributed by atoms with E-state index in [0.717, 1.165) is 17.3 Å². The van der Waals surface area contributed by atoms with Gasteiger partial charge in [-0.1, -0.05) is 15.9 Å². The molecule has 0 spiro atoms. The predicted octanol–water partition coefficient (Wildman–Crippen LogP) is 3.69. The molecule has 1 aliphatic carbocycles. The van der Waals surface area contributed by atoms with Crippen LogP contribution in [0.25, 0.3) is 0 Å². The summed E-state index contributed by atoms with van der Waals surface area (Å²) in [4.78, 5) is 14.5. The van der Waals surface area contributed by atoms with Crippen molar-refractivity contribution in [2.24, 2.45) is 0 Å². The maximum absolute atomic E-state index is 12.6. The van der Waals surface area contributed by atoms with E-state index in [4.69, 9.17) is 16.3 Å². The van der Waals surface area contributed by atoms with Crippen molar-refractivity contribution in [2.75, 3.05) is 19.5 Å². The Balaban J connectivity index is 2.25. The third-order valence-corrected chi connectivity index (χ3v) is 4.16. The minimum absolute atomic E-state index is 0.00898. The number of rotatable bonds is 5. The van der Waals surface area contributed by atoms with Gasteiger partial charge in [0.05, 0.1) is 12.7 Å². The second kappa shape index (κ2) is 6.62. The third kappa shape index (κ3) is 3.23. The molecule has 0 N–H and O–H groups in total. The van der Waals surface area contributed by atoms with Crippen LogP contribution < -0.4 is 4.74 Å². The summed E-state index contributed by atoms with van der Waals surface area (Å²) < 4.78 is 6.19. The topological polar surface area (TPSA) is 29.5 Å². The molecule has 1 fully saturated rings. The van der Waals surface area contributed by atoms with Crippen molar-refractivity contribution >= 4 is 33.4 Å². The number of carbonyl (C=O) groups is 1. The van der Waals surface area contributed by atoms with E-state index in [1.165, 1.54) is 6.42 Å². The van der Waals surface area contributed by atoms with Crippen LogP contribution in [0.1, 0.15) is 29.6 Å². The van der Waals surface area contributed by atoms with E-state index >= 15 is 0 Å². The quantitative estimate of drug-likeness (QED) is 0.761. The van der Waals surface area contributed by atoms with Gasteiger partial charge < -0.3 is 9.64 Å². The number of benzene rings is 1. The highest BCUT2D eigenvalue weighted by molar-refractivity contribution is 9.10. The summed E-state index contributed by atoms with van der Waals surface area (Å²) in [5.41, 5.74) is 0.600. The summed E-state index contributed by atoms with van der Waals surface area (Å²) >= 11 is 9.20. The van der Waals surface area contributed by atoms with Gasteiger partial charge in [0.2, 0.25) is 0 Å². The fraction of sp³-hybridized carbons (Fsp3) is 0.500. The molecule has 5 heteroatoms. The van der Waals surface area contributed by atoms with E-state index in [9.17, 15) is 4.79 Å². The second-order valence-electron chi connectivity index (χ2n) is 4.62. The highest BCUT2D eigenvalue weighted by Crippen LogP contribution is 2.29. The molecule has 0 radical (unpaired) electrons. The average molecular weight is 347 g/mol. The van der Waals surface area contributed by atoms with Gasteiger partial charge in [-0.15, -0.1) is 11.6 Å². The van der Waals surface area contributed by atoms with Crippen LogP contribution in [0.15, 0.2) is 22.7 Å². The van der Waals surface area contributed by atoms with Crippen molar-refractivity contribution in [3.8, 4) is 5.75 Å². The Morgan fingerprint density at radius 2 is 2.26 bits per heavy atom. The number of ether oxygens (including phenoxy) is 1. The van der Waals surface area contributed by atoms with E-state index < -0.39 is 0 Å². The first-order chi connectivity index (χ1) is 9.17. The molecule has 0 atom stereocenters. The SMILES string of the molecule is COc1cc(Br)ccc1C(=O)N(CCCl)C1CCC1. The zero-order valence-corrected chi connectivity index (χ0v) is 13.2. The molecule has 1 aromatic carbocycles. The van der Waals surface area contributed by atoms with Crippen molar-refractivity contribution < 1.29 is 9.53 Å². The van der Waals surface area contributed by atoms with Gasteiger partial charge in [-0.2, -0.15) is 0 Å². The number of hydrogen-bond donors (Lipinski definition) is 0. The Bertz CT molecular complexity index is 463. The minimum Gasteiger partial charge on any atom is -0.496 e. The first-order valence-corrected chi connectivity index (χ1v) is 7.70. The molecule has 0 bridgehead atoms. The molecule has 3 nitrogen and oxygen atoms in total. The summed E-state index contributed by atoms with van der Waals surface area (Å²) in [6.45, 7) is 0.588. The fourth-order valence-electron chi connectivity index (χ4n) is 2.24. The number of halogens is 2. The molecule has 2 rings (SSSR count). The molecule has 19 heavy (non-hydrogen) atoms. The summed E-state index contributed by atoms with van der Waals surface area (Å²) in [6, 6.07) is 5.80. The molecule has 1 saturated carbocycles. The maximum atomic E-state index is 12.6. The molecule has 1 amide bonds. The van der Waals surface area contributed by atoms with E-state index in [-0.39, 0.29) is 5.91 Å². The molecular weight excluding hydrogens is 330 g/mol. The number of amides is 1. The lowest BCUT2D eigenvalue weighted by atomic mass is 9.91. The molecule has 0 unspecified atom stereocenters. The van der Waals surface area contributed by atoms with Crippen LogP contribution in [-0.4, -0.2) is 36.4 Å². The van der Waals surface area contributed by atoms with Gasteiger partial charge in [0.15, 0.2) is 0 Å². The van der Waals surface area contributed by atoms with Gasteiger partial charge in [0.25, 0.3) is 5.91 Å². The van der Waals surface area contributed by atoms with Crippen molar-refractivity contribution in [1.29, 1.82) is 0 Å². The number of hydrogen-bond acceptors (Lipinski definition) is 2. The van der Waals surface area contributed by atoms with Crippen molar-refractivity contribution in [3.05, 3.63) is 28.2 Å². The average Bonchev–Trinajstić information content (AvgIpc) is 2.35. The summed E-state index contributed by atoms with van der Waals surface area (Å²) in [6.07, 6.45) is 3.33. The first-order valence-electron chi connectivity index (χ1n) is 6.38. The van der Waals surface area contributed by atoms with Gasteiger partial charge in [0, 0.05) is 22.9 Å². The summed E-state index contributed by atoms with van der Waals surface area (Å²) in [7, 11) is 1.58. The zero-order valence-electron chi connectivity index (χ0n) is 10.9. The van der Waals surface area contributed by atoms with E-state index in [2.05, 4.69) is 15.9 Å². The molecule has 1 aliphatic rings. The Morgan fingerprint density at radius 1 is 1.53 bits per heavy atom. The van der Waals surface area contributed by atoms with Crippen LogP contribution in [0.3, 0.4) is 0 Å². The van der Waals surface area contributed by atoms with E-state index in [1.807, 2.05) is 17.0 Å². The van der Waals surface area contributed by atoms with Crippen LogP contribution in [0, 0.1) is 0 Å². The van der Waals surface area contributed by atoms with Crippen LogP contribution in [0.4, 0.5) is 0 Å². The minimum atomic E-state index is 0.00898.